The summed E-state index contributed by atoms with van der Waals surface area (Å²) < 4.78 is 40.5. The van der Waals surface area contributed by atoms with Crippen molar-refractivity contribution in [2.24, 2.45) is 0 Å². The Morgan fingerprint density at radius 2 is 1.04 bits per heavy atom. The third kappa shape index (κ3) is 3.89. The second-order valence-electron chi connectivity index (χ2n) is 6.43. The summed E-state index contributed by atoms with van der Waals surface area (Å²) in [6.07, 6.45) is 16.0. The van der Waals surface area contributed by atoms with Gasteiger partial charge in [-0.3, -0.25) is 0 Å². The third-order valence-electron chi connectivity index (χ3n) is 4.57. The molecule has 0 heterocycles. The molecule has 0 fully saturated rings. The molecule has 0 N–H and O–H groups in total. The van der Waals surface area contributed by atoms with E-state index in [0.29, 0.717) is 11.5 Å². The van der Waals surface area contributed by atoms with Crippen LogP contribution in [0, 0.1) is 11.6 Å². The van der Waals surface area contributed by atoms with Crippen molar-refractivity contribution in [2.45, 2.75) is 7.25 Å². The Balaban J connectivity index is 1.80. The van der Waals surface area contributed by atoms with Crippen LogP contribution < -0.4 is 5.63 Å². The summed E-state index contributed by atoms with van der Waals surface area (Å²) >= 11 is -4.12. The van der Waals surface area contributed by atoms with Crippen LogP contribution in [0.4, 0.5) is 8.78 Å². The van der Waals surface area contributed by atoms with Crippen LogP contribution in [0.15, 0.2) is 97.1 Å². The normalized spacial score (nSPS) is 16.4. The second-order valence-corrected chi connectivity index (χ2v) is 14.3. The van der Waals surface area contributed by atoms with Gasteiger partial charge < -0.3 is 0 Å². The van der Waals surface area contributed by atoms with Crippen LogP contribution in [0.3, 0.4) is 0 Å². The fraction of sp³-hybridized carbons (Fsp3) is 0.0909. The SMILES string of the molecule is Fc1cccc([O][Zr]([O]c2cccc(F)c2)([CH]2C=CC=C2)[CH]2C=CC=C2)c1. The van der Waals surface area contributed by atoms with Gasteiger partial charge in [0.15, 0.2) is 0 Å². The third-order valence-corrected chi connectivity index (χ3v) is 13.8. The van der Waals surface area contributed by atoms with Gasteiger partial charge >= 0.3 is 163 Å². The number of hydrogen-bond donors (Lipinski definition) is 0. The first-order chi connectivity index (χ1) is 13.2. The Labute approximate surface area is 162 Å². The summed E-state index contributed by atoms with van der Waals surface area (Å²) in [7, 11) is 0. The first kappa shape index (κ1) is 18.1. The zero-order valence-corrected chi connectivity index (χ0v) is 16.9. The average Bonchev–Trinajstić information content (AvgIpc) is 3.36. The molecule has 0 aromatic heterocycles. The summed E-state index contributed by atoms with van der Waals surface area (Å²) in [5.74, 6) is 0.135. The van der Waals surface area contributed by atoms with Crippen molar-refractivity contribution in [3.05, 3.63) is 109 Å². The minimum atomic E-state index is -4.12. The summed E-state index contributed by atoms with van der Waals surface area (Å²) in [6, 6.07) is 12.2. The van der Waals surface area contributed by atoms with Gasteiger partial charge in [0.05, 0.1) is 0 Å². The van der Waals surface area contributed by atoms with Gasteiger partial charge in [-0.1, -0.05) is 0 Å². The fourth-order valence-corrected chi connectivity index (χ4v) is 12.0. The van der Waals surface area contributed by atoms with Gasteiger partial charge in [-0.05, 0) is 0 Å². The number of allylic oxidation sites excluding steroid dienone is 8. The summed E-state index contributed by atoms with van der Waals surface area (Å²) in [6.45, 7) is 0. The molecule has 0 saturated heterocycles. The molecular weight excluding hydrogens is 425 g/mol. The van der Waals surface area contributed by atoms with Crippen molar-refractivity contribution in [3.8, 4) is 11.5 Å². The first-order valence-electron chi connectivity index (χ1n) is 8.75. The van der Waals surface area contributed by atoms with E-state index in [1.54, 1.807) is 24.3 Å². The molecule has 2 aliphatic rings. The zero-order chi connectivity index (χ0) is 18.7. The molecule has 27 heavy (non-hydrogen) atoms. The first-order valence-corrected chi connectivity index (χ1v) is 13.6. The van der Waals surface area contributed by atoms with Gasteiger partial charge in [-0.15, -0.1) is 0 Å². The maximum absolute atomic E-state index is 13.8. The minimum absolute atomic E-state index is 0.0387. The fourth-order valence-electron chi connectivity index (χ4n) is 3.34. The van der Waals surface area contributed by atoms with E-state index in [0.717, 1.165) is 0 Å². The van der Waals surface area contributed by atoms with Crippen LogP contribution in [0.5, 0.6) is 11.5 Å². The van der Waals surface area contributed by atoms with Gasteiger partial charge in [-0.2, -0.15) is 0 Å². The van der Waals surface area contributed by atoms with Crippen molar-refractivity contribution in [2.75, 3.05) is 0 Å². The monoisotopic (exact) mass is 442 g/mol. The Hall–Kier alpha value is -2.26. The number of hydrogen-bond acceptors (Lipinski definition) is 2. The second kappa shape index (κ2) is 7.78. The maximum atomic E-state index is 13.8. The summed E-state index contributed by atoms with van der Waals surface area (Å²) in [5, 5.41) is 0. The van der Waals surface area contributed by atoms with Crippen LogP contribution in [0.25, 0.3) is 0 Å². The van der Waals surface area contributed by atoms with Gasteiger partial charge in [0.2, 0.25) is 0 Å². The number of benzene rings is 2. The van der Waals surface area contributed by atoms with Crippen molar-refractivity contribution in [3.63, 3.8) is 0 Å². The van der Waals surface area contributed by atoms with Crippen LogP contribution in [-0.4, -0.2) is 0 Å². The Morgan fingerprint density at radius 1 is 0.630 bits per heavy atom. The molecule has 5 heteroatoms. The zero-order valence-electron chi connectivity index (χ0n) is 14.5. The van der Waals surface area contributed by atoms with Gasteiger partial charge in [-0.25, -0.2) is 0 Å². The summed E-state index contributed by atoms with van der Waals surface area (Å²) in [5.41, 5.74) is 0. The van der Waals surface area contributed by atoms with Gasteiger partial charge in [0, 0.05) is 0 Å². The Kier molecular flexibility index (Phi) is 5.22. The van der Waals surface area contributed by atoms with Gasteiger partial charge in [0.25, 0.3) is 0 Å². The average molecular weight is 444 g/mol. The van der Waals surface area contributed by atoms with E-state index < -0.39 is 21.1 Å². The summed E-state index contributed by atoms with van der Waals surface area (Å²) in [4.78, 5) is 0. The molecule has 136 valence electrons. The van der Waals surface area contributed by atoms with E-state index in [2.05, 4.69) is 24.3 Å². The number of rotatable bonds is 6. The molecule has 4 rings (SSSR count). The molecule has 0 radical (unpaired) electrons. The van der Waals surface area contributed by atoms with Crippen molar-refractivity contribution in [1.29, 1.82) is 0 Å². The van der Waals surface area contributed by atoms with Crippen LogP contribution >= 0.6 is 0 Å². The standard InChI is InChI=1S/2C6H5FO.2C5H5.Zr/c2*7-5-2-1-3-6(8)4-5;2*1-2-4-5-3-1;/h2*1-4,8H;2*1-5H;/q;;;;+2/p-2. The molecule has 2 aromatic rings. The Morgan fingerprint density at radius 3 is 1.41 bits per heavy atom. The van der Waals surface area contributed by atoms with Crippen molar-refractivity contribution in [1.82, 2.24) is 0 Å². The van der Waals surface area contributed by atoms with Crippen LogP contribution in [0.1, 0.15) is 0 Å². The topological polar surface area (TPSA) is 18.5 Å². The molecule has 0 spiro atoms. The number of halogens is 2. The molecule has 0 atom stereocenters. The molecule has 2 aliphatic carbocycles. The quantitative estimate of drug-likeness (QED) is 0.526. The molecular formula is C22H18F2O2Zr. The van der Waals surface area contributed by atoms with Gasteiger partial charge in [0.1, 0.15) is 0 Å². The van der Waals surface area contributed by atoms with Crippen LogP contribution in [-0.2, 0) is 21.1 Å². The van der Waals surface area contributed by atoms with E-state index in [9.17, 15) is 8.78 Å². The van der Waals surface area contributed by atoms with E-state index in [1.807, 2.05) is 24.3 Å². The molecule has 0 saturated carbocycles. The predicted molar refractivity (Wildman–Crippen MR) is 98.1 cm³/mol. The molecule has 2 nitrogen and oxygen atoms in total. The predicted octanol–water partition coefficient (Wildman–Crippen LogP) is 6.24. The molecule has 0 aliphatic heterocycles. The van der Waals surface area contributed by atoms with Crippen molar-refractivity contribution >= 4 is 0 Å². The van der Waals surface area contributed by atoms with E-state index in [4.69, 9.17) is 5.63 Å². The molecule has 0 amide bonds. The van der Waals surface area contributed by atoms with E-state index in [-0.39, 0.29) is 18.9 Å². The van der Waals surface area contributed by atoms with Crippen molar-refractivity contribution < 1.29 is 35.6 Å². The van der Waals surface area contributed by atoms with E-state index >= 15 is 0 Å². The van der Waals surface area contributed by atoms with E-state index in [1.165, 1.54) is 24.3 Å². The molecule has 2 aromatic carbocycles. The molecule has 0 unspecified atom stereocenters. The Bertz CT molecular complexity index is 847. The molecule has 0 bridgehead atoms. The van der Waals surface area contributed by atoms with Crippen LogP contribution in [0.2, 0.25) is 7.25 Å².